The highest BCUT2D eigenvalue weighted by atomic mass is 16.5. The van der Waals surface area contributed by atoms with E-state index in [1.165, 1.54) is 10.9 Å². The molecule has 1 fully saturated rings. The molecule has 2 heterocycles. The Labute approximate surface area is 114 Å². The van der Waals surface area contributed by atoms with E-state index in [4.69, 9.17) is 4.74 Å². The van der Waals surface area contributed by atoms with Gasteiger partial charge in [-0.2, -0.15) is 0 Å². The summed E-state index contributed by atoms with van der Waals surface area (Å²) in [6, 6.07) is 11.0. The number of nitrogens with one attached hydrogen (secondary N) is 1. The van der Waals surface area contributed by atoms with E-state index < -0.39 is 0 Å². The van der Waals surface area contributed by atoms with Gasteiger partial charge in [0.15, 0.2) is 0 Å². The normalized spacial score (nSPS) is 23.6. The first-order valence-corrected chi connectivity index (χ1v) is 7.07. The summed E-state index contributed by atoms with van der Waals surface area (Å²) >= 11 is 0. The van der Waals surface area contributed by atoms with Gasteiger partial charge in [-0.05, 0) is 37.1 Å². The van der Waals surface area contributed by atoms with Gasteiger partial charge in [-0.25, -0.2) is 0 Å². The van der Waals surface area contributed by atoms with Crippen molar-refractivity contribution in [2.75, 3.05) is 13.2 Å². The van der Waals surface area contributed by atoms with Crippen molar-refractivity contribution in [3.8, 4) is 0 Å². The monoisotopic (exact) mass is 256 g/mol. The molecule has 0 amide bonds. The van der Waals surface area contributed by atoms with Gasteiger partial charge < -0.3 is 10.1 Å². The molecule has 3 rings (SSSR count). The van der Waals surface area contributed by atoms with E-state index in [2.05, 4.69) is 41.5 Å². The Morgan fingerprint density at radius 1 is 1.32 bits per heavy atom. The quantitative estimate of drug-likeness (QED) is 0.916. The zero-order valence-corrected chi connectivity index (χ0v) is 11.3. The van der Waals surface area contributed by atoms with Gasteiger partial charge >= 0.3 is 0 Å². The molecule has 1 aliphatic heterocycles. The number of aromatic nitrogens is 1. The summed E-state index contributed by atoms with van der Waals surface area (Å²) in [5, 5.41) is 4.75. The van der Waals surface area contributed by atoms with Gasteiger partial charge in [0, 0.05) is 24.2 Å². The van der Waals surface area contributed by atoms with E-state index in [1.807, 2.05) is 12.3 Å². The third kappa shape index (κ3) is 2.62. The van der Waals surface area contributed by atoms with Gasteiger partial charge in [0.1, 0.15) is 0 Å². The molecule has 1 N–H and O–H groups in total. The van der Waals surface area contributed by atoms with Crippen molar-refractivity contribution >= 4 is 10.9 Å². The van der Waals surface area contributed by atoms with E-state index in [-0.39, 0.29) is 6.10 Å². The van der Waals surface area contributed by atoms with E-state index in [1.54, 1.807) is 0 Å². The number of hydrogen-bond acceptors (Lipinski definition) is 3. The molecule has 0 bridgehead atoms. The highest BCUT2D eigenvalue weighted by Gasteiger charge is 2.24. The number of hydrogen-bond donors (Lipinski definition) is 1. The summed E-state index contributed by atoms with van der Waals surface area (Å²) in [7, 11) is 0. The first-order valence-electron chi connectivity index (χ1n) is 7.07. The van der Waals surface area contributed by atoms with Gasteiger partial charge in [-0.3, -0.25) is 4.98 Å². The van der Waals surface area contributed by atoms with Crippen LogP contribution in [-0.4, -0.2) is 24.2 Å². The van der Waals surface area contributed by atoms with Crippen molar-refractivity contribution in [2.24, 2.45) is 0 Å². The Balaban J connectivity index is 1.91. The van der Waals surface area contributed by atoms with Crippen LogP contribution >= 0.6 is 0 Å². The molecule has 0 aliphatic carbocycles. The zero-order valence-electron chi connectivity index (χ0n) is 11.3. The van der Waals surface area contributed by atoms with E-state index in [0.717, 1.165) is 31.5 Å². The second kappa shape index (κ2) is 5.68. The van der Waals surface area contributed by atoms with Crippen LogP contribution in [0.2, 0.25) is 0 Å². The molecule has 1 aromatic heterocycles. The molecule has 100 valence electrons. The maximum atomic E-state index is 5.98. The van der Waals surface area contributed by atoms with Gasteiger partial charge in [0.05, 0.1) is 11.6 Å². The zero-order chi connectivity index (χ0) is 13.1. The standard InChI is InChI=1S/C16H20N2O/c1-2-17-12-8-10-19-16(11-12)14-7-9-18-15-6-4-3-5-13(14)15/h3-7,9,12,16-17H,2,8,10-11H2,1H3. The van der Waals surface area contributed by atoms with Gasteiger partial charge in [-0.1, -0.05) is 25.1 Å². The lowest BCUT2D eigenvalue weighted by molar-refractivity contribution is 0.00142. The fourth-order valence-corrected chi connectivity index (χ4v) is 2.89. The van der Waals surface area contributed by atoms with Crippen molar-refractivity contribution < 1.29 is 4.74 Å². The second-order valence-electron chi connectivity index (χ2n) is 5.06. The van der Waals surface area contributed by atoms with E-state index in [0.29, 0.717) is 6.04 Å². The van der Waals surface area contributed by atoms with Crippen molar-refractivity contribution in [1.82, 2.24) is 10.3 Å². The maximum absolute atomic E-state index is 5.98. The number of nitrogens with zero attached hydrogens (tertiary/aromatic N) is 1. The molecule has 3 nitrogen and oxygen atoms in total. The molecule has 1 aromatic carbocycles. The molecule has 2 unspecified atom stereocenters. The smallest absolute Gasteiger partial charge is 0.0846 e. The Bertz CT molecular complexity index is 548. The first-order chi connectivity index (χ1) is 9.38. The predicted molar refractivity (Wildman–Crippen MR) is 77.1 cm³/mol. The third-order valence-corrected chi connectivity index (χ3v) is 3.81. The van der Waals surface area contributed by atoms with Crippen molar-refractivity contribution in [1.29, 1.82) is 0 Å². The molecule has 1 aliphatic rings. The number of fused-ring (bicyclic) bond motifs is 1. The fraction of sp³-hybridized carbons (Fsp3) is 0.438. The molecule has 2 atom stereocenters. The lowest BCUT2D eigenvalue weighted by Gasteiger charge is -2.30. The third-order valence-electron chi connectivity index (χ3n) is 3.81. The van der Waals surface area contributed by atoms with Crippen molar-refractivity contribution in [3.63, 3.8) is 0 Å². The maximum Gasteiger partial charge on any atom is 0.0846 e. The van der Waals surface area contributed by atoms with Crippen LogP contribution in [0.3, 0.4) is 0 Å². The molecule has 0 radical (unpaired) electrons. The van der Waals surface area contributed by atoms with Crippen LogP contribution in [0.5, 0.6) is 0 Å². The molecular weight excluding hydrogens is 236 g/mol. The molecule has 1 saturated heterocycles. The Hall–Kier alpha value is -1.45. The van der Waals surface area contributed by atoms with Crippen LogP contribution in [0.4, 0.5) is 0 Å². The van der Waals surface area contributed by atoms with E-state index >= 15 is 0 Å². The summed E-state index contributed by atoms with van der Waals surface area (Å²) in [4.78, 5) is 4.42. The lowest BCUT2D eigenvalue weighted by Crippen LogP contribution is -2.35. The lowest BCUT2D eigenvalue weighted by atomic mass is 9.95. The van der Waals surface area contributed by atoms with Gasteiger partial charge in [-0.15, -0.1) is 0 Å². The highest BCUT2D eigenvalue weighted by Crippen LogP contribution is 2.32. The fourth-order valence-electron chi connectivity index (χ4n) is 2.89. The van der Waals surface area contributed by atoms with Gasteiger partial charge in [0.25, 0.3) is 0 Å². The van der Waals surface area contributed by atoms with Crippen LogP contribution in [0.25, 0.3) is 10.9 Å². The van der Waals surface area contributed by atoms with E-state index in [9.17, 15) is 0 Å². The summed E-state index contributed by atoms with van der Waals surface area (Å²) in [6.45, 7) is 4.01. The molecule has 19 heavy (non-hydrogen) atoms. The average molecular weight is 256 g/mol. The minimum atomic E-state index is 0.186. The van der Waals surface area contributed by atoms with Crippen LogP contribution in [0.15, 0.2) is 36.5 Å². The largest absolute Gasteiger partial charge is 0.373 e. The van der Waals surface area contributed by atoms with Crippen molar-refractivity contribution in [3.05, 3.63) is 42.1 Å². The Morgan fingerprint density at radius 3 is 3.11 bits per heavy atom. The molecular formula is C16H20N2O. The minimum Gasteiger partial charge on any atom is -0.373 e. The number of rotatable bonds is 3. The summed E-state index contributed by atoms with van der Waals surface area (Å²) in [5.41, 5.74) is 2.32. The van der Waals surface area contributed by atoms with Crippen molar-refractivity contribution in [2.45, 2.75) is 31.9 Å². The number of para-hydroxylation sites is 1. The van der Waals surface area contributed by atoms with Crippen LogP contribution in [0.1, 0.15) is 31.4 Å². The Kier molecular flexibility index (Phi) is 3.76. The Morgan fingerprint density at radius 2 is 2.21 bits per heavy atom. The van der Waals surface area contributed by atoms with Gasteiger partial charge in [0.2, 0.25) is 0 Å². The SMILES string of the molecule is CCNC1CCOC(c2ccnc3ccccc23)C1. The topological polar surface area (TPSA) is 34.1 Å². The van der Waals surface area contributed by atoms with Crippen LogP contribution < -0.4 is 5.32 Å². The minimum absolute atomic E-state index is 0.186. The number of benzene rings is 1. The molecule has 2 aromatic rings. The van der Waals surface area contributed by atoms with Crippen LogP contribution in [-0.2, 0) is 4.74 Å². The number of pyridine rings is 1. The molecule has 3 heteroatoms. The first kappa shape index (κ1) is 12.6. The highest BCUT2D eigenvalue weighted by molar-refractivity contribution is 5.82. The molecule has 0 saturated carbocycles. The summed E-state index contributed by atoms with van der Waals surface area (Å²) in [6.07, 6.45) is 4.22. The predicted octanol–water partition coefficient (Wildman–Crippen LogP) is 3.06. The second-order valence-corrected chi connectivity index (χ2v) is 5.06. The summed E-state index contributed by atoms with van der Waals surface area (Å²) < 4.78 is 5.98. The number of ether oxygens (including phenoxy) is 1. The molecule has 0 spiro atoms. The van der Waals surface area contributed by atoms with Crippen LogP contribution in [0, 0.1) is 0 Å². The summed E-state index contributed by atoms with van der Waals surface area (Å²) in [5.74, 6) is 0. The average Bonchev–Trinajstić information content (AvgIpc) is 2.47.